The molecule has 0 spiro atoms. The third-order valence-corrected chi connectivity index (χ3v) is 4.96. The lowest BCUT2D eigenvalue weighted by Crippen LogP contribution is -2.40. The number of halogens is 1. The molecule has 7 nitrogen and oxygen atoms in total. The van der Waals surface area contributed by atoms with Gasteiger partial charge in [0.05, 0.1) is 15.9 Å². The van der Waals surface area contributed by atoms with Crippen LogP contribution in [0.1, 0.15) is 5.56 Å². The molecule has 0 saturated heterocycles. The Kier molecular flexibility index (Phi) is 5.66. The summed E-state index contributed by atoms with van der Waals surface area (Å²) in [5.41, 5.74) is 0.506. The minimum absolute atomic E-state index is 0.0926. The van der Waals surface area contributed by atoms with Crippen molar-refractivity contribution in [2.24, 2.45) is 0 Å². The number of rotatable bonds is 7. The van der Waals surface area contributed by atoms with Gasteiger partial charge in [-0.25, -0.2) is 8.42 Å². The van der Waals surface area contributed by atoms with Gasteiger partial charge < -0.3 is 0 Å². The third-order valence-electron chi connectivity index (χ3n) is 3.21. The number of nitrogens with one attached hydrogen (secondary N) is 1. The van der Waals surface area contributed by atoms with Crippen molar-refractivity contribution in [3.8, 4) is 0 Å². The van der Waals surface area contributed by atoms with E-state index in [0.29, 0.717) is 0 Å². The Bertz CT molecular complexity index is 838. The predicted octanol–water partition coefficient (Wildman–Crippen LogP) is 2.25. The Morgan fingerprint density at radius 3 is 2.21 bits per heavy atom. The summed E-state index contributed by atoms with van der Waals surface area (Å²) >= 11 is 5.50. The maximum Gasteiger partial charge on any atom is 0.269 e. The normalized spacial score (nSPS) is 12.5. The van der Waals surface area contributed by atoms with Gasteiger partial charge in [-0.15, -0.1) is 0 Å². The summed E-state index contributed by atoms with van der Waals surface area (Å²) < 4.78 is 26.9. The molecule has 1 unspecified atom stereocenters. The fourth-order valence-corrected chi connectivity index (χ4v) is 3.41. The van der Waals surface area contributed by atoms with Gasteiger partial charge in [0.25, 0.3) is 5.69 Å². The van der Waals surface area contributed by atoms with Crippen molar-refractivity contribution in [2.45, 2.75) is 17.4 Å². The zero-order chi connectivity index (χ0) is 17.7. The molecule has 0 aliphatic carbocycles. The summed E-state index contributed by atoms with van der Waals surface area (Å²) in [6.07, 6.45) is 0.0926. The number of nitro benzene ring substituents is 1. The first-order chi connectivity index (χ1) is 11.3. The monoisotopic (exact) mass is 368 g/mol. The first-order valence-electron chi connectivity index (χ1n) is 6.79. The van der Waals surface area contributed by atoms with Crippen LogP contribution in [0.3, 0.4) is 0 Å². The molecule has 0 bridgehead atoms. The van der Waals surface area contributed by atoms with E-state index in [2.05, 4.69) is 4.72 Å². The highest BCUT2D eigenvalue weighted by atomic mass is 35.5. The second kappa shape index (κ2) is 7.52. The van der Waals surface area contributed by atoms with E-state index < -0.39 is 26.2 Å². The molecular weight excluding hydrogens is 356 g/mol. The molecule has 0 aromatic heterocycles. The number of carbonyl (C=O) groups is 1. The van der Waals surface area contributed by atoms with Crippen molar-refractivity contribution in [3.63, 3.8) is 0 Å². The topological polar surface area (TPSA) is 106 Å². The molecule has 1 atom stereocenters. The zero-order valence-electron chi connectivity index (χ0n) is 12.3. The molecule has 0 heterocycles. The minimum atomic E-state index is -4.04. The van der Waals surface area contributed by atoms with Crippen LogP contribution in [-0.2, 0) is 21.2 Å². The standard InChI is InChI=1S/C15H13ClN2O5S/c16-15(19)14(10-11-4-2-1-3-5-11)17-24(22,23)13-8-6-12(7-9-13)18(20)21/h1-9,14,17H,10H2. The molecular formula is C15H13ClN2O5S. The van der Waals surface area contributed by atoms with Crippen LogP contribution in [0.15, 0.2) is 59.5 Å². The molecule has 0 saturated carbocycles. The number of nitro groups is 1. The number of hydrogen-bond donors (Lipinski definition) is 1. The Morgan fingerprint density at radius 2 is 1.71 bits per heavy atom. The van der Waals surface area contributed by atoms with Crippen molar-refractivity contribution in [1.29, 1.82) is 0 Å². The van der Waals surface area contributed by atoms with Crippen LogP contribution in [0, 0.1) is 10.1 Å². The highest BCUT2D eigenvalue weighted by Gasteiger charge is 2.25. The van der Waals surface area contributed by atoms with Crippen LogP contribution in [0.25, 0.3) is 0 Å². The Labute approximate surface area is 143 Å². The summed E-state index contributed by atoms with van der Waals surface area (Å²) in [7, 11) is -4.04. The van der Waals surface area contributed by atoms with E-state index in [1.807, 2.05) is 0 Å². The lowest BCUT2D eigenvalue weighted by molar-refractivity contribution is -0.384. The van der Waals surface area contributed by atoms with Gasteiger partial charge in [0.2, 0.25) is 15.3 Å². The van der Waals surface area contributed by atoms with E-state index in [-0.39, 0.29) is 17.0 Å². The highest BCUT2D eigenvalue weighted by Crippen LogP contribution is 2.17. The largest absolute Gasteiger partial charge is 0.279 e. The molecule has 2 aromatic carbocycles. The number of hydrogen-bond acceptors (Lipinski definition) is 5. The summed E-state index contributed by atoms with van der Waals surface area (Å²) in [6.45, 7) is 0. The first kappa shape index (κ1) is 18.1. The van der Waals surface area contributed by atoms with Crippen LogP contribution in [0.5, 0.6) is 0 Å². The second-order valence-corrected chi connectivity index (χ2v) is 7.01. The van der Waals surface area contributed by atoms with Crippen LogP contribution in [-0.4, -0.2) is 24.6 Å². The van der Waals surface area contributed by atoms with Crippen molar-refractivity contribution in [3.05, 3.63) is 70.3 Å². The fourth-order valence-electron chi connectivity index (χ4n) is 2.02. The molecule has 2 aromatic rings. The van der Waals surface area contributed by atoms with Crippen LogP contribution < -0.4 is 4.72 Å². The predicted molar refractivity (Wildman–Crippen MR) is 88.2 cm³/mol. The Balaban J connectivity index is 2.21. The molecule has 0 fully saturated rings. The highest BCUT2D eigenvalue weighted by molar-refractivity contribution is 7.89. The lowest BCUT2D eigenvalue weighted by Gasteiger charge is -2.15. The van der Waals surface area contributed by atoms with Gasteiger partial charge in [-0.2, -0.15) is 4.72 Å². The van der Waals surface area contributed by atoms with Gasteiger partial charge >= 0.3 is 0 Å². The number of nitrogens with zero attached hydrogens (tertiary/aromatic N) is 1. The van der Waals surface area contributed by atoms with Crippen molar-refractivity contribution < 1.29 is 18.1 Å². The van der Waals surface area contributed by atoms with Gasteiger partial charge in [-0.05, 0) is 35.7 Å². The van der Waals surface area contributed by atoms with Crippen molar-refractivity contribution >= 4 is 32.6 Å². The molecule has 2 rings (SSSR count). The van der Waals surface area contributed by atoms with E-state index in [9.17, 15) is 23.3 Å². The quantitative estimate of drug-likeness (QED) is 0.458. The molecule has 24 heavy (non-hydrogen) atoms. The van der Waals surface area contributed by atoms with Crippen LogP contribution in [0.2, 0.25) is 0 Å². The van der Waals surface area contributed by atoms with Gasteiger partial charge in [0.1, 0.15) is 0 Å². The first-order valence-corrected chi connectivity index (χ1v) is 8.66. The molecule has 0 amide bonds. The molecule has 0 aliphatic rings. The summed E-state index contributed by atoms with van der Waals surface area (Å²) in [6, 6.07) is 12.0. The molecule has 0 aliphatic heterocycles. The molecule has 9 heteroatoms. The number of carbonyl (C=O) groups excluding carboxylic acids is 1. The van der Waals surface area contributed by atoms with E-state index >= 15 is 0 Å². The van der Waals surface area contributed by atoms with Gasteiger partial charge in [-0.1, -0.05) is 30.3 Å². The minimum Gasteiger partial charge on any atom is -0.279 e. The summed E-state index contributed by atoms with van der Waals surface area (Å²) in [4.78, 5) is 21.3. The Hall–Kier alpha value is -2.29. The van der Waals surface area contributed by atoms with Crippen LogP contribution >= 0.6 is 11.6 Å². The number of sulfonamides is 1. The van der Waals surface area contributed by atoms with E-state index in [4.69, 9.17) is 11.6 Å². The van der Waals surface area contributed by atoms with Gasteiger partial charge in [0, 0.05) is 12.1 Å². The molecule has 1 N–H and O–H groups in total. The fraction of sp³-hybridized carbons (Fsp3) is 0.133. The summed E-state index contributed by atoms with van der Waals surface area (Å²) in [5, 5.41) is 9.77. The maximum atomic E-state index is 12.3. The number of non-ortho nitro benzene ring substituents is 1. The average molecular weight is 369 g/mol. The zero-order valence-corrected chi connectivity index (χ0v) is 13.8. The maximum absolute atomic E-state index is 12.3. The smallest absolute Gasteiger partial charge is 0.269 e. The third kappa shape index (κ3) is 4.60. The summed E-state index contributed by atoms with van der Waals surface area (Å²) in [5.74, 6) is 0. The van der Waals surface area contributed by atoms with Crippen molar-refractivity contribution in [1.82, 2.24) is 4.72 Å². The lowest BCUT2D eigenvalue weighted by atomic mass is 10.1. The van der Waals surface area contributed by atoms with Crippen LogP contribution in [0.4, 0.5) is 5.69 Å². The second-order valence-electron chi connectivity index (χ2n) is 4.92. The van der Waals surface area contributed by atoms with E-state index in [0.717, 1.165) is 29.8 Å². The van der Waals surface area contributed by atoms with E-state index in [1.54, 1.807) is 30.3 Å². The SMILES string of the molecule is O=C(Cl)C(Cc1ccccc1)NS(=O)(=O)c1ccc([N+](=O)[O-])cc1. The van der Waals surface area contributed by atoms with Crippen molar-refractivity contribution in [2.75, 3.05) is 0 Å². The number of benzene rings is 2. The average Bonchev–Trinajstić information content (AvgIpc) is 2.55. The molecule has 126 valence electrons. The molecule has 0 radical (unpaired) electrons. The van der Waals surface area contributed by atoms with E-state index in [1.165, 1.54) is 0 Å². The Morgan fingerprint density at radius 1 is 1.12 bits per heavy atom. The van der Waals surface area contributed by atoms with Gasteiger partial charge in [0.15, 0.2) is 0 Å². The van der Waals surface area contributed by atoms with Gasteiger partial charge in [-0.3, -0.25) is 14.9 Å².